The van der Waals surface area contributed by atoms with Gasteiger partial charge in [0.15, 0.2) is 0 Å². The van der Waals surface area contributed by atoms with Crippen molar-refractivity contribution in [1.82, 2.24) is 5.43 Å². The van der Waals surface area contributed by atoms with Gasteiger partial charge in [-0.3, -0.25) is 4.79 Å². The summed E-state index contributed by atoms with van der Waals surface area (Å²) in [6.07, 6.45) is 1.51. The Morgan fingerprint density at radius 2 is 1.92 bits per heavy atom. The van der Waals surface area contributed by atoms with E-state index in [1.807, 2.05) is 49.4 Å². The molecular weight excluding hydrogens is 396 g/mol. The van der Waals surface area contributed by atoms with E-state index in [0.29, 0.717) is 12.4 Å². The smallest absolute Gasteiger partial charge is 0.275 e. The zero-order valence-corrected chi connectivity index (χ0v) is 15.7. The lowest BCUT2D eigenvalue weighted by Crippen LogP contribution is -2.17. The number of carbonyl (C=O) groups excluding carboxylic acids is 1. The Kier molecular flexibility index (Phi) is 5.53. The van der Waals surface area contributed by atoms with Gasteiger partial charge in [-0.15, -0.1) is 0 Å². The molecule has 0 spiro atoms. The third-order valence-electron chi connectivity index (χ3n) is 3.75. The molecule has 0 aromatic heterocycles. The number of nitrogens with one attached hydrogen (secondary N) is 1. The van der Waals surface area contributed by atoms with E-state index in [1.165, 1.54) is 6.21 Å². The number of aromatic hydroxyl groups is 1. The molecule has 1 amide bonds. The molecule has 6 heteroatoms. The van der Waals surface area contributed by atoms with Crippen LogP contribution in [0.25, 0.3) is 10.8 Å². The highest BCUT2D eigenvalue weighted by Crippen LogP contribution is 2.25. The second-order valence-corrected chi connectivity index (χ2v) is 6.45. The number of phenols is 1. The molecule has 0 heterocycles. The number of fused-ring (bicyclic) bond motifs is 1. The minimum atomic E-state index is -0.488. The minimum absolute atomic E-state index is 0.0890. The Morgan fingerprint density at radius 3 is 2.65 bits per heavy atom. The van der Waals surface area contributed by atoms with Gasteiger partial charge in [0.25, 0.3) is 5.91 Å². The third kappa shape index (κ3) is 4.03. The van der Waals surface area contributed by atoms with Crippen LogP contribution in [0.5, 0.6) is 11.5 Å². The second kappa shape index (κ2) is 8.01. The Bertz CT molecular complexity index is 986. The fraction of sp³-hybridized carbons (Fsp3) is 0.100. The summed E-state index contributed by atoms with van der Waals surface area (Å²) in [4.78, 5) is 12.4. The third-order valence-corrected chi connectivity index (χ3v) is 4.24. The van der Waals surface area contributed by atoms with Crippen molar-refractivity contribution >= 4 is 38.8 Å². The summed E-state index contributed by atoms with van der Waals surface area (Å²) >= 11 is 3.40. The molecule has 0 atom stereocenters. The first-order chi connectivity index (χ1) is 12.6. The number of hydrogen-bond donors (Lipinski definition) is 2. The molecule has 0 fully saturated rings. The van der Waals surface area contributed by atoms with Crippen molar-refractivity contribution in [2.75, 3.05) is 6.61 Å². The maximum atomic E-state index is 12.4. The summed E-state index contributed by atoms with van der Waals surface area (Å²) in [5, 5.41) is 15.8. The molecular formula is C20H17BrN2O3. The van der Waals surface area contributed by atoms with Gasteiger partial charge < -0.3 is 9.84 Å². The van der Waals surface area contributed by atoms with Gasteiger partial charge in [-0.25, -0.2) is 5.43 Å². The fourth-order valence-electron chi connectivity index (χ4n) is 2.54. The number of ether oxygens (including phenoxy) is 1. The van der Waals surface area contributed by atoms with Gasteiger partial charge in [-0.05, 0) is 48.0 Å². The number of hydrogen-bond acceptors (Lipinski definition) is 4. The number of carbonyl (C=O) groups is 1. The fourth-order valence-corrected chi connectivity index (χ4v) is 2.92. The van der Waals surface area contributed by atoms with Gasteiger partial charge >= 0.3 is 0 Å². The Labute approximate surface area is 159 Å². The number of nitrogens with zero attached hydrogens (tertiary/aromatic N) is 1. The molecule has 0 aliphatic heterocycles. The van der Waals surface area contributed by atoms with Crippen molar-refractivity contribution < 1.29 is 14.6 Å². The molecule has 5 nitrogen and oxygen atoms in total. The van der Waals surface area contributed by atoms with E-state index in [-0.39, 0.29) is 11.3 Å². The van der Waals surface area contributed by atoms with Crippen molar-refractivity contribution in [3.63, 3.8) is 0 Å². The van der Waals surface area contributed by atoms with Gasteiger partial charge in [0.2, 0.25) is 0 Å². The quantitative estimate of drug-likeness (QED) is 0.479. The molecule has 132 valence electrons. The number of halogens is 1. The van der Waals surface area contributed by atoms with Crippen LogP contribution in [0.3, 0.4) is 0 Å². The van der Waals surface area contributed by atoms with Crippen LogP contribution in [-0.4, -0.2) is 23.8 Å². The van der Waals surface area contributed by atoms with Crippen molar-refractivity contribution in [2.45, 2.75) is 6.92 Å². The van der Waals surface area contributed by atoms with Gasteiger partial charge in [0.05, 0.1) is 18.4 Å². The van der Waals surface area contributed by atoms with Crippen LogP contribution < -0.4 is 10.2 Å². The van der Waals surface area contributed by atoms with E-state index < -0.39 is 5.91 Å². The first kappa shape index (κ1) is 17.9. The molecule has 0 aliphatic carbocycles. The Morgan fingerprint density at radius 1 is 1.19 bits per heavy atom. The molecule has 0 radical (unpaired) electrons. The van der Waals surface area contributed by atoms with Crippen LogP contribution in [0.1, 0.15) is 22.8 Å². The zero-order valence-electron chi connectivity index (χ0n) is 14.1. The highest BCUT2D eigenvalue weighted by Gasteiger charge is 2.12. The standard InChI is InChI=1S/C20H17BrN2O3/c1-2-26-19-8-7-16(21)9-15(19)12-22-23-20(25)17-10-13-5-3-4-6-14(13)11-18(17)24/h3-12,24H,2H2,1H3,(H,23,25)/b22-12+. The molecule has 0 saturated heterocycles. The highest BCUT2D eigenvalue weighted by atomic mass is 79.9. The molecule has 0 saturated carbocycles. The van der Waals surface area contributed by atoms with Crippen LogP contribution in [-0.2, 0) is 0 Å². The van der Waals surface area contributed by atoms with Crippen molar-refractivity contribution in [3.05, 3.63) is 70.2 Å². The van der Waals surface area contributed by atoms with Crippen molar-refractivity contribution in [2.24, 2.45) is 5.10 Å². The topological polar surface area (TPSA) is 70.9 Å². The van der Waals surface area contributed by atoms with E-state index >= 15 is 0 Å². The number of phenolic OH excluding ortho intramolecular Hbond substituents is 1. The summed E-state index contributed by atoms with van der Waals surface area (Å²) < 4.78 is 6.41. The van der Waals surface area contributed by atoms with Gasteiger partial charge in [0.1, 0.15) is 11.5 Å². The van der Waals surface area contributed by atoms with E-state index in [1.54, 1.807) is 12.1 Å². The number of rotatable bonds is 5. The van der Waals surface area contributed by atoms with E-state index in [0.717, 1.165) is 20.8 Å². The number of benzene rings is 3. The van der Waals surface area contributed by atoms with E-state index in [9.17, 15) is 9.90 Å². The lowest BCUT2D eigenvalue weighted by Gasteiger charge is -2.08. The monoisotopic (exact) mass is 412 g/mol. The van der Waals surface area contributed by atoms with Gasteiger partial charge in [0, 0.05) is 10.0 Å². The molecule has 0 unspecified atom stereocenters. The first-order valence-electron chi connectivity index (χ1n) is 8.06. The molecule has 26 heavy (non-hydrogen) atoms. The maximum absolute atomic E-state index is 12.4. The van der Waals surface area contributed by atoms with E-state index in [4.69, 9.17) is 4.74 Å². The van der Waals surface area contributed by atoms with E-state index in [2.05, 4.69) is 26.5 Å². The average Bonchev–Trinajstić information content (AvgIpc) is 2.63. The first-order valence-corrected chi connectivity index (χ1v) is 8.85. The van der Waals surface area contributed by atoms with Crippen LogP contribution in [0.4, 0.5) is 0 Å². The number of hydrazone groups is 1. The molecule has 3 aromatic rings. The Balaban J connectivity index is 1.80. The minimum Gasteiger partial charge on any atom is -0.507 e. The predicted octanol–water partition coefficient (Wildman–Crippen LogP) is 4.47. The second-order valence-electron chi connectivity index (χ2n) is 5.53. The molecule has 3 aromatic carbocycles. The van der Waals surface area contributed by atoms with Crippen LogP contribution >= 0.6 is 15.9 Å². The summed E-state index contributed by atoms with van der Waals surface area (Å²) in [7, 11) is 0. The average molecular weight is 413 g/mol. The van der Waals surface area contributed by atoms with Gasteiger partial charge in [-0.1, -0.05) is 40.2 Å². The number of amides is 1. The zero-order chi connectivity index (χ0) is 18.5. The van der Waals surface area contributed by atoms with Crippen LogP contribution in [0.2, 0.25) is 0 Å². The summed E-state index contributed by atoms with van der Waals surface area (Å²) in [6, 6.07) is 16.2. The normalized spacial score (nSPS) is 11.0. The lowest BCUT2D eigenvalue weighted by molar-refractivity contribution is 0.0952. The summed E-state index contributed by atoms with van der Waals surface area (Å²) in [5.74, 6) is 0.0913. The van der Waals surface area contributed by atoms with Crippen LogP contribution in [0, 0.1) is 0 Å². The predicted molar refractivity (Wildman–Crippen MR) is 106 cm³/mol. The molecule has 0 aliphatic rings. The highest BCUT2D eigenvalue weighted by molar-refractivity contribution is 9.10. The van der Waals surface area contributed by atoms with Crippen molar-refractivity contribution in [1.29, 1.82) is 0 Å². The summed E-state index contributed by atoms with van der Waals surface area (Å²) in [5.41, 5.74) is 3.33. The lowest BCUT2D eigenvalue weighted by atomic mass is 10.1. The largest absolute Gasteiger partial charge is 0.507 e. The summed E-state index contributed by atoms with van der Waals surface area (Å²) in [6.45, 7) is 2.42. The molecule has 3 rings (SSSR count). The SMILES string of the molecule is CCOc1ccc(Br)cc1/C=N/NC(=O)c1cc2ccccc2cc1O. The molecule has 0 bridgehead atoms. The van der Waals surface area contributed by atoms with Gasteiger partial charge in [-0.2, -0.15) is 5.10 Å². The van der Waals surface area contributed by atoms with Crippen LogP contribution in [0.15, 0.2) is 64.2 Å². The molecule has 2 N–H and O–H groups in total. The van der Waals surface area contributed by atoms with Crippen molar-refractivity contribution in [3.8, 4) is 11.5 Å². The Hall–Kier alpha value is -2.86. The maximum Gasteiger partial charge on any atom is 0.275 e.